The number of hydrogen-bond donors (Lipinski definition) is 1. The number of H-pyrrole nitrogens is 1. The largest absolute Gasteiger partial charge is 0.336 e. The number of fused-ring (bicyclic) bond motifs is 2. The number of benzene rings is 2. The zero-order valence-corrected chi connectivity index (χ0v) is 18.2. The SMILES string of the molecule is Cn1cc(-c2nc3nccc(-c4ccc(Cn5ccc6ccccc6c5=O)c(F)c4)c3[nH]2)cn1. The highest BCUT2D eigenvalue weighted by Crippen LogP contribution is 2.29. The van der Waals surface area contributed by atoms with Gasteiger partial charge in [-0.05, 0) is 35.2 Å². The van der Waals surface area contributed by atoms with Crippen LogP contribution in [-0.4, -0.2) is 29.3 Å². The van der Waals surface area contributed by atoms with Crippen LogP contribution in [0, 0.1) is 5.82 Å². The molecule has 8 heteroatoms. The van der Waals surface area contributed by atoms with Crippen molar-refractivity contribution < 1.29 is 4.39 Å². The minimum absolute atomic E-state index is 0.141. The molecular formula is C26H19FN6O. The lowest BCUT2D eigenvalue weighted by Gasteiger charge is -2.10. The van der Waals surface area contributed by atoms with Gasteiger partial charge in [0, 0.05) is 42.2 Å². The molecule has 0 spiro atoms. The van der Waals surface area contributed by atoms with Gasteiger partial charge < -0.3 is 9.55 Å². The van der Waals surface area contributed by atoms with Gasteiger partial charge in [0.25, 0.3) is 5.56 Å². The Labute approximate surface area is 193 Å². The van der Waals surface area contributed by atoms with Gasteiger partial charge in [0.1, 0.15) is 11.6 Å². The molecule has 0 unspecified atom stereocenters. The number of hydrogen-bond acceptors (Lipinski definition) is 4. The van der Waals surface area contributed by atoms with E-state index in [2.05, 4.69) is 20.1 Å². The topological polar surface area (TPSA) is 81.4 Å². The maximum atomic E-state index is 15.2. The van der Waals surface area contributed by atoms with E-state index in [1.54, 1.807) is 35.4 Å². The van der Waals surface area contributed by atoms with Crippen LogP contribution >= 0.6 is 0 Å². The number of halogens is 1. The van der Waals surface area contributed by atoms with Crippen molar-refractivity contribution in [3.05, 3.63) is 101 Å². The molecule has 0 amide bonds. The summed E-state index contributed by atoms with van der Waals surface area (Å²) in [6, 6.07) is 16.1. The minimum Gasteiger partial charge on any atom is -0.336 e. The van der Waals surface area contributed by atoms with Gasteiger partial charge in [-0.3, -0.25) is 9.48 Å². The summed E-state index contributed by atoms with van der Waals surface area (Å²) in [7, 11) is 1.84. The molecule has 34 heavy (non-hydrogen) atoms. The molecular weight excluding hydrogens is 431 g/mol. The number of aryl methyl sites for hydroxylation is 1. The van der Waals surface area contributed by atoms with E-state index in [1.807, 2.05) is 49.6 Å². The lowest BCUT2D eigenvalue weighted by atomic mass is 10.0. The number of nitrogens with zero attached hydrogens (tertiary/aromatic N) is 5. The first-order chi connectivity index (χ1) is 16.6. The molecule has 0 atom stereocenters. The van der Waals surface area contributed by atoms with Crippen molar-refractivity contribution in [2.24, 2.45) is 7.05 Å². The lowest BCUT2D eigenvalue weighted by molar-refractivity contribution is 0.597. The maximum absolute atomic E-state index is 15.2. The van der Waals surface area contributed by atoms with E-state index in [4.69, 9.17) is 0 Å². The number of pyridine rings is 2. The van der Waals surface area contributed by atoms with Crippen molar-refractivity contribution in [2.45, 2.75) is 6.54 Å². The van der Waals surface area contributed by atoms with Crippen molar-refractivity contribution in [3.63, 3.8) is 0 Å². The Morgan fingerprint density at radius 2 is 1.94 bits per heavy atom. The number of nitrogens with one attached hydrogen (secondary N) is 1. The fourth-order valence-corrected chi connectivity index (χ4v) is 4.21. The number of aromatic nitrogens is 6. The van der Waals surface area contributed by atoms with Crippen LogP contribution in [0.2, 0.25) is 0 Å². The van der Waals surface area contributed by atoms with Crippen LogP contribution in [-0.2, 0) is 13.6 Å². The average Bonchev–Trinajstić information content (AvgIpc) is 3.48. The average molecular weight is 450 g/mol. The standard InChI is InChI=1S/C26H19FN6O/c1-32-14-19(13-29-32)24-30-23-20(8-10-28-25(23)31-24)17-6-7-18(22(27)12-17)15-33-11-9-16-4-2-3-5-21(16)26(33)34/h2-14H,15H2,1H3,(H,28,30,31). The molecule has 0 aliphatic carbocycles. The molecule has 7 nitrogen and oxygen atoms in total. The highest BCUT2D eigenvalue weighted by molar-refractivity contribution is 5.91. The van der Waals surface area contributed by atoms with E-state index < -0.39 is 0 Å². The van der Waals surface area contributed by atoms with Crippen molar-refractivity contribution in [3.8, 4) is 22.5 Å². The van der Waals surface area contributed by atoms with Gasteiger partial charge in [0.15, 0.2) is 5.65 Å². The van der Waals surface area contributed by atoms with Crippen LogP contribution in [0.3, 0.4) is 0 Å². The first-order valence-corrected chi connectivity index (χ1v) is 10.8. The summed E-state index contributed by atoms with van der Waals surface area (Å²) in [5.41, 5.74) is 3.89. The molecule has 4 aromatic heterocycles. The van der Waals surface area contributed by atoms with Crippen LogP contribution in [0.1, 0.15) is 5.56 Å². The summed E-state index contributed by atoms with van der Waals surface area (Å²) in [6.45, 7) is 0.150. The molecule has 0 aliphatic rings. The molecule has 0 aliphatic heterocycles. The van der Waals surface area contributed by atoms with Gasteiger partial charge in [-0.2, -0.15) is 5.10 Å². The van der Waals surface area contributed by atoms with E-state index in [0.717, 1.165) is 22.0 Å². The predicted octanol–water partition coefficient (Wildman–Crippen LogP) is 4.53. The fraction of sp³-hybridized carbons (Fsp3) is 0.0769. The summed E-state index contributed by atoms with van der Waals surface area (Å²) in [5, 5.41) is 5.67. The Morgan fingerprint density at radius 1 is 1.06 bits per heavy atom. The third-order valence-corrected chi connectivity index (χ3v) is 5.96. The van der Waals surface area contributed by atoms with Crippen LogP contribution < -0.4 is 5.56 Å². The van der Waals surface area contributed by atoms with Crippen molar-refractivity contribution >= 4 is 21.9 Å². The monoisotopic (exact) mass is 450 g/mol. The molecule has 2 aromatic carbocycles. The van der Waals surface area contributed by atoms with Gasteiger partial charge in [-0.1, -0.05) is 30.3 Å². The van der Waals surface area contributed by atoms with E-state index in [-0.39, 0.29) is 17.9 Å². The quantitative estimate of drug-likeness (QED) is 0.428. The summed E-state index contributed by atoms with van der Waals surface area (Å²) >= 11 is 0. The van der Waals surface area contributed by atoms with Gasteiger partial charge in [-0.15, -0.1) is 0 Å². The van der Waals surface area contributed by atoms with E-state index >= 15 is 4.39 Å². The predicted molar refractivity (Wildman–Crippen MR) is 129 cm³/mol. The zero-order chi connectivity index (χ0) is 23.2. The van der Waals surface area contributed by atoms with Gasteiger partial charge in [-0.25, -0.2) is 14.4 Å². The molecule has 4 heterocycles. The van der Waals surface area contributed by atoms with Gasteiger partial charge in [0.2, 0.25) is 0 Å². The maximum Gasteiger partial charge on any atom is 0.258 e. The van der Waals surface area contributed by atoms with Crippen molar-refractivity contribution in [1.82, 2.24) is 29.3 Å². The highest BCUT2D eigenvalue weighted by Gasteiger charge is 2.14. The first kappa shape index (κ1) is 20.0. The van der Waals surface area contributed by atoms with Crippen LogP contribution in [0.15, 0.2) is 84.2 Å². The lowest BCUT2D eigenvalue weighted by Crippen LogP contribution is -2.20. The Bertz CT molecular complexity index is 1750. The third-order valence-electron chi connectivity index (χ3n) is 5.96. The Kier molecular flexibility index (Phi) is 4.58. The normalized spacial score (nSPS) is 11.5. The second-order valence-corrected chi connectivity index (χ2v) is 8.19. The van der Waals surface area contributed by atoms with E-state index in [0.29, 0.717) is 28.0 Å². The molecule has 6 aromatic rings. The molecule has 0 saturated carbocycles. The summed E-state index contributed by atoms with van der Waals surface area (Å²) in [4.78, 5) is 25.0. The number of imidazole rings is 1. The number of rotatable bonds is 4. The Balaban J connectivity index is 1.37. The fourth-order valence-electron chi connectivity index (χ4n) is 4.21. The van der Waals surface area contributed by atoms with Crippen molar-refractivity contribution in [2.75, 3.05) is 0 Å². The summed E-state index contributed by atoms with van der Waals surface area (Å²) in [6.07, 6.45) is 6.95. The van der Waals surface area contributed by atoms with Gasteiger partial charge in [0.05, 0.1) is 23.8 Å². The van der Waals surface area contributed by atoms with Gasteiger partial charge >= 0.3 is 0 Å². The molecule has 6 rings (SSSR count). The molecule has 1 N–H and O–H groups in total. The van der Waals surface area contributed by atoms with E-state index in [1.165, 1.54) is 10.6 Å². The summed E-state index contributed by atoms with van der Waals surface area (Å²) < 4.78 is 18.4. The van der Waals surface area contributed by atoms with Crippen LogP contribution in [0.25, 0.3) is 44.5 Å². The molecule has 0 bridgehead atoms. The molecule has 166 valence electrons. The van der Waals surface area contributed by atoms with Crippen LogP contribution in [0.4, 0.5) is 4.39 Å². The van der Waals surface area contributed by atoms with Crippen molar-refractivity contribution in [1.29, 1.82) is 0 Å². The smallest absolute Gasteiger partial charge is 0.258 e. The molecule has 0 radical (unpaired) electrons. The summed E-state index contributed by atoms with van der Waals surface area (Å²) in [5.74, 6) is 0.269. The Morgan fingerprint density at radius 3 is 2.76 bits per heavy atom. The second-order valence-electron chi connectivity index (χ2n) is 8.19. The van der Waals surface area contributed by atoms with E-state index in [9.17, 15) is 4.79 Å². The van der Waals surface area contributed by atoms with Crippen LogP contribution in [0.5, 0.6) is 0 Å². The highest BCUT2D eigenvalue weighted by atomic mass is 19.1. The second kappa shape index (κ2) is 7.77. The molecule has 0 saturated heterocycles. The number of aromatic amines is 1. The molecule has 0 fully saturated rings. The third kappa shape index (κ3) is 3.36. The first-order valence-electron chi connectivity index (χ1n) is 10.8. The minimum atomic E-state index is -0.380. The zero-order valence-electron chi connectivity index (χ0n) is 18.2. The Hall–Kier alpha value is -4.59.